The zero-order valence-electron chi connectivity index (χ0n) is 18.3. The SMILES string of the molecule is C[C@@H]1CC2=CC(=O)CC[C@@H]2[C@H]2CC[C@]3(C)[C@H](COC(=O)c4ccccc4)CC[C@@H]3[C@@H]21. The second-order valence-electron chi connectivity index (χ2n) is 10.6. The first-order valence-electron chi connectivity index (χ1n) is 11.9. The molecule has 30 heavy (non-hydrogen) atoms. The molecule has 0 spiro atoms. The highest BCUT2D eigenvalue weighted by Crippen LogP contribution is 2.64. The third-order valence-electron chi connectivity index (χ3n) is 9.26. The third kappa shape index (κ3) is 3.25. The predicted octanol–water partition coefficient (Wildman–Crippen LogP) is 5.85. The summed E-state index contributed by atoms with van der Waals surface area (Å²) in [6.45, 7) is 5.45. The standard InChI is InChI=1S/C27H34O3/c1-17-14-19-15-21(28)9-10-22(19)23-12-13-27(2)20(8-11-24(27)25(17)23)16-30-26(29)18-6-4-3-5-7-18/h3-7,15,17,20,22-25H,8-14,16H2,1-2H3/t17-,20+,22+,23-,24-,25-,27-/m1/s1. The number of hydrogen-bond donors (Lipinski definition) is 0. The Morgan fingerprint density at radius 3 is 2.73 bits per heavy atom. The van der Waals surface area contributed by atoms with Crippen molar-refractivity contribution in [1.82, 2.24) is 0 Å². The average Bonchev–Trinajstić information content (AvgIpc) is 3.08. The Morgan fingerprint density at radius 2 is 1.93 bits per heavy atom. The number of esters is 1. The van der Waals surface area contributed by atoms with Crippen LogP contribution in [-0.4, -0.2) is 18.4 Å². The molecule has 0 heterocycles. The van der Waals surface area contributed by atoms with Crippen LogP contribution in [-0.2, 0) is 9.53 Å². The number of ether oxygens (including phenoxy) is 1. The van der Waals surface area contributed by atoms with Crippen LogP contribution in [0.3, 0.4) is 0 Å². The van der Waals surface area contributed by atoms with Gasteiger partial charge in [0.15, 0.2) is 5.78 Å². The second kappa shape index (κ2) is 7.66. The first kappa shape index (κ1) is 20.0. The Hall–Kier alpha value is -1.90. The summed E-state index contributed by atoms with van der Waals surface area (Å²) in [7, 11) is 0. The molecule has 5 rings (SSSR count). The van der Waals surface area contributed by atoms with Crippen LogP contribution in [0.1, 0.15) is 69.2 Å². The molecule has 0 unspecified atom stereocenters. The Bertz CT molecular complexity index is 856. The minimum absolute atomic E-state index is 0.191. The van der Waals surface area contributed by atoms with Gasteiger partial charge in [0.05, 0.1) is 12.2 Å². The highest BCUT2D eigenvalue weighted by molar-refractivity contribution is 5.91. The van der Waals surface area contributed by atoms with E-state index in [0.29, 0.717) is 35.7 Å². The van der Waals surface area contributed by atoms with Crippen LogP contribution < -0.4 is 0 Å². The number of rotatable bonds is 3. The fraction of sp³-hybridized carbons (Fsp3) is 0.630. The Balaban J connectivity index is 1.31. The van der Waals surface area contributed by atoms with E-state index in [9.17, 15) is 9.59 Å². The summed E-state index contributed by atoms with van der Waals surface area (Å²) in [5.74, 6) is 4.14. The topological polar surface area (TPSA) is 43.4 Å². The summed E-state index contributed by atoms with van der Waals surface area (Å²) in [5.41, 5.74) is 2.38. The van der Waals surface area contributed by atoms with Gasteiger partial charge in [-0.3, -0.25) is 4.79 Å². The van der Waals surface area contributed by atoms with Gasteiger partial charge in [-0.25, -0.2) is 4.79 Å². The molecule has 3 heteroatoms. The van der Waals surface area contributed by atoms with Crippen molar-refractivity contribution in [3.8, 4) is 0 Å². The second-order valence-corrected chi connectivity index (χ2v) is 10.6. The maximum absolute atomic E-state index is 12.5. The molecule has 4 aliphatic rings. The Kier molecular flexibility index (Phi) is 5.11. The van der Waals surface area contributed by atoms with E-state index in [-0.39, 0.29) is 11.4 Å². The maximum atomic E-state index is 12.5. The van der Waals surface area contributed by atoms with E-state index in [0.717, 1.165) is 37.0 Å². The lowest BCUT2D eigenvalue weighted by Gasteiger charge is -2.56. The van der Waals surface area contributed by atoms with E-state index < -0.39 is 0 Å². The molecule has 0 saturated heterocycles. The zero-order valence-corrected chi connectivity index (χ0v) is 18.3. The van der Waals surface area contributed by atoms with Crippen LogP contribution in [0.5, 0.6) is 0 Å². The van der Waals surface area contributed by atoms with Gasteiger partial charge in [0.2, 0.25) is 0 Å². The molecule has 4 aliphatic carbocycles. The van der Waals surface area contributed by atoms with Crippen molar-refractivity contribution < 1.29 is 14.3 Å². The molecule has 160 valence electrons. The summed E-state index contributed by atoms with van der Waals surface area (Å²) >= 11 is 0. The lowest BCUT2D eigenvalue weighted by molar-refractivity contribution is -0.116. The summed E-state index contributed by atoms with van der Waals surface area (Å²) in [6.07, 6.45) is 9.85. The normalized spacial score (nSPS) is 40.1. The summed E-state index contributed by atoms with van der Waals surface area (Å²) in [4.78, 5) is 24.4. The van der Waals surface area contributed by atoms with Crippen LogP contribution in [0.4, 0.5) is 0 Å². The minimum atomic E-state index is -0.191. The molecule has 0 N–H and O–H groups in total. The molecule has 3 saturated carbocycles. The van der Waals surface area contributed by atoms with E-state index in [1.54, 1.807) is 0 Å². The van der Waals surface area contributed by atoms with Crippen LogP contribution in [0.15, 0.2) is 42.0 Å². The lowest BCUT2D eigenvalue weighted by Crippen LogP contribution is -2.49. The van der Waals surface area contributed by atoms with E-state index in [4.69, 9.17) is 4.74 Å². The molecule has 3 fully saturated rings. The molecular formula is C27H34O3. The molecule has 0 bridgehead atoms. The smallest absolute Gasteiger partial charge is 0.338 e. The molecule has 3 nitrogen and oxygen atoms in total. The average molecular weight is 407 g/mol. The lowest BCUT2D eigenvalue weighted by atomic mass is 9.49. The summed E-state index contributed by atoms with van der Waals surface area (Å²) in [6, 6.07) is 9.35. The van der Waals surface area contributed by atoms with E-state index in [1.165, 1.54) is 31.3 Å². The number of ketones is 1. The molecule has 1 aromatic rings. The maximum Gasteiger partial charge on any atom is 0.338 e. The predicted molar refractivity (Wildman–Crippen MR) is 117 cm³/mol. The quantitative estimate of drug-likeness (QED) is 0.592. The van der Waals surface area contributed by atoms with Crippen LogP contribution in [0, 0.1) is 40.9 Å². The number of hydrogen-bond acceptors (Lipinski definition) is 3. The molecule has 0 aromatic heterocycles. The van der Waals surface area contributed by atoms with Gasteiger partial charge in [0.1, 0.15) is 0 Å². The third-order valence-corrected chi connectivity index (χ3v) is 9.26. The van der Waals surface area contributed by atoms with Gasteiger partial charge in [-0.1, -0.05) is 37.6 Å². The van der Waals surface area contributed by atoms with Crippen LogP contribution in [0.25, 0.3) is 0 Å². The molecule has 0 amide bonds. The highest BCUT2D eigenvalue weighted by Gasteiger charge is 2.57. The number of fused-ring (bicyclic) bond motifs is 5. The first-order valence-corrected chi connectivity index (χ1v) is 11.9. The monoisotopic (exact) mass is 406 g/mol. The molecule has 0 radical (unpaired) electrons. The highest BCUT2D eigenvalue weighted by atomic mass is 16.5. The van der Waals surface area contributed by atoms with Gasteiger partial charge in [-0.2, -0.15) is 0 Å². The number of allylic oxidation sites excluding steroid dienone is 1. The van der Waals surface area contributed by atoms with Crippen molar-refractivity contribution in [2.45, 2.75) is 58.8 Å². The largest absolute Gasteiger partial charge is 0.462 e. The van der Waals surface area contributed by atoms with Gasteiger partial charge in [0, 0.05) is 6.42 Å². The summed E-state index contributed by atoms with van der Waals surface area (Å²) < 4.78 is 5.80. The number of carbonyl (C=O) groups is 2. The fourth-order valence-corrected chi connectivity index (χ4v) is 7.80. The van der Waals surface area contributed by atoms with Gasteiger partial charge < -0.3 is 4.74 Å². The Labute approximate surface area is 180 Å². The van der Waals surface area contributed by atoms with Gasteiger partial charge in [0.25, 0.3) is 0 Å². The number of carbonyl (C=O) groups excluding carboxylic acids is 2. The van der Waals surface area contributed by atoms with Crippen LogP contribution in [0.2, 0.25) is 0 Å². The van der Waals surface area contributed by atoms with Gasteiger partial charge in [-0.05, 0) is 97.7 Å². The van der Waals surface area contributed by atoms with Crippen molar-refractivity contribution in [2.75, 3.05) is 6.61 Å². The first-order chi connectivity index (χ1) is 14.5. The van der Waals surface area contributed by atoms with E-state index in [1.807, 2.05) is 36.4 Å². The summed E-state index contributed by atoms with van der Waals surface area (Å²) in [5, 5.41) is 0. The molecule has 0 aliphatic heterocycles. The molecular weight excluding hydrogens is 372 g/mol. The van der Waals surface area contributed by atoms with Crippen molar-refractivity contribution >= 4 is 11.8 Å². The minimum Gasteiger partial charge on any atom is -0.462 e. The zero-order chi connectivity index (χ0) is 20.9. The molecule has 7 atom stereocenters. The van der Waals surface area contributed by atoms with Gasteiger partial charge >= 0.3 is 5.97 Å². The van der Waals surface area contributed by atoms with Crippen molar-refractivity contribution in [1.29, 1.82) is 0 Å². The molecule has 1 aromatic carbocycles. The number of benzene rings is 1. The van der Waals surface area contributed by atoms with Crippen molar-refractivity contribution in [3.63, 3.8) is 0 Å². The van der Waals surface area contributed by atoms with E-state index >= 15 is 0 Å². The Morgan fingerprint density at radius 1 is 1.13 bits per heavy atom. The fourth-order valence-electron chi connectivity index (χ4n) is 7.80. The van der Waals surface area contributed by atoms with Crippen molar-refractivity contribution in [3.05, 3.63) is 47.5 Å². The van der Waals surface area contributed by atoms with Crippen LogP contribution >= 0.6 is 0 Å². The van der Waals surface area contributed by atoms with Gasteiger partial charge in [-0.15, -0.1) is 0 Å². The van der Waals surface area contributed by atoms with Crippen molar-refractivity contribution in [2.24, 2.45) is 40.9 Å². The van der Waals surface area contributed by atoms with E-state index in [2.05, 4.69) is 13.8 Å².